The van der Waals surface area contributed by atoms with E-state index < -0.39 is 5.82 Å². The molecule has 113 valence electrons. The van der Waals surface area contributed by atoms with Crippen LogP contribution in [0.2, 0.25) is 5.02 Å². The number of oxazole rings is 1. The molecule has 2 heterocycles. The van der Waals surface area contributed by atoms with E-state index in [1.165, 1.54) is 12.6 Å². The summed E-state index contributed by atoms with van der Waals surface area (Å²) in [6, 6.07) is 9.74. The summed E-state index contributed by atoms with van der Waals surface area (Å²) in [7, 11) is 0. The maximum atomic E-state index is 14.3. The van der Waals surface area contributed by atoms with Crippen LogP contribution in [0.3, 0.4) is 0 Å². The van der Waals surface area contributed by atoms with E-state index in [-0.39, 0.29) is 5.52 Å². The van der Waals surface area contributed by atoms with Gasteiger partial charge in [-0.3, -0.25) is 0 Å². The second-order valence-corrected chi connectivity index (χ2v) is 6.16. The highest BCUT2D eigenvalue weighted by Crippen LogP contribution is 2.32. The third kappa shape index (κ3) is 2.54. The molecule has 0 aliphatic heterocycles. The molecule has 4 rings (SSSR count). The third-order valence-electron chi connectivity index (χ3n) is 3.36. The van der Waals surface area contributed by atoms with Crippen molar-refractivity contribution in [2.45, 2.75) is 0 Å². The number of rotatable bonds is 2. The minimum atomic E-state index is -0.565. The summed E-state index contributed by atoms with van der Waals surface area (Å²) in [5, 5.41) is 0.512. The summed E-state index contributed by atoms with van der Waals surface area (Å²) in [6.07, 6.45) is 2.78. The highest BCUT2D eigenvalue weighted by Gasteiger charge is 2.15. The van der Waals surface area contributed by atoms with Crippen LogP contribution in [0.1, 0.15) is 0 Å². The summed E-state index contributed by atoms with van der Waals surface area (Å²) in [5.74, 6) is 0.354. The normalized spacial score (nSPS) is 11.3. The van der Waals surface area contributed by atoms with E-state index in [0.29, 0.717) is 33.3 Å². The molecule has 7 heteroatoms. The van der Waals surface area contributed by atoms with Crippen LogP contribution in [-0.2, 0) is 0 Å². The summed E-state index contributed by atoms with van der Waals surface area (Å²) < 4.78 is 20.3. The molecule has 0 atom stereocenters. The largest absolute Gasteiger partial charge is 0.443 e. The number of nitrogens with one attached hydrogen (secondary N) is 1. The maximum absolute atomic E-state index is 14.3. The van der Waals surface area contributed by atoms with Crippen LogP contribution in [0.15, 0.2) is 45.7 Å². The van der Waals surface area contributed by atoms with Crippen LogP contribution in [0.4, 0.5) is 4.39 Å². The Balaban J connectivity index is 1.89. The van der Waals surface area contributed by atoms with Gasteiger partial charge in [-0.2, -0.15) is 0 Å². The van der Waals surface area contributed by atoms with Crippen molar-refractivity contribution in [3.05, 3.63) is 58.2 Å². The van der Waals surface area contributed by atoms with Gasteiger partial charge in [0.15, 0.2) is 18.0 Å². The van der Waals surface area contributed by atoms with Crippen molar-refractivity contribution >= 4 is 38.6 Å². The van der Waals surface area contributed by atoms with Gasteiger partial charge in [-0.1, -0.05) is 27.5 Å². The number of aromatic amines is 1. The number of halogens is 3. The fourth-order valence-electron chi connectivity index (χ4n) is 2.31. The van der Waals surface area contributed by atoms with Gasteiger partial charge in [-0.05, 0) is 24.3 Å². The van der Waals surface area contributed by atoms with E-state index >= 15 is 0 Å². The predicted molar refractivity (Wildman–Crippen MR) is 88.5 cm³/mol. The average Bonchev–Trinajstić information content (AvgIpc) is 3.16. The van der Waals surface area contributed by atoms with Crippen molar-refractivity contribution in [3.63, 3.8) is 0 Å². The minimum absolute atomic E-state index is 0.197. The van der Waals surface area contributed by atoms with Gasteiger partial charge in [0, 0.05) is 21.7 Å². The van der Waals surface area contributed by atoms with E-state index in [0.717, 1.165) is 4.47 Å². The maximum Gasteiger partial charge on any atom is 0.181 e. The number of hydrogen-bond acceptors (Lipinski definition) is 3. The zero-order valence-corrected chi connectivity index (χ0v) is 13.7. The Morgan fingerprint density at radius 2 is 2.17 bits per heavy atom. The molecule has 0 aliphatic rings. The lowest BCUT2D eigenvalue weighted by atomic mass is 10.1. The molecular formula is C16H7BrClFN3O. The summed E-state index contributed by atoms with van der Waals surface area (Å²) in [4.78, 5) is 11.2. The molecule has 0 unspecified atom stereocenters. The lowest BCUT2D eigenvalue weighted by Gasteiger charge is -2.00. The van der Waals surface area contributed by atoms with Gasteiger partial charge in [-0.25, -0.2) is 14.4 Å². The smallest absolute Gasteiger partial charge is 0.181 e. The van der Waals surface area contributed by atoms with E-state index in [1.807, 2.05) is 12.1 Å². The average molecular weight is 392 g/mol. The zero-order valence-electron chi connectivity index (χ0n) is 11.4. The molecule has 0 saturated carbocycles. The molecule has 4 aromatic rings. The van der Waals surface area contributed by atoms with Gasteiger partial charge in [0.25, 0.3) is 0 Å². The predicted octanol–water partition coefficient (Wildman–Crippen LogP) is 5.24. The molecule has 2 aromatic carbocycles. The first-order valence-electron chi connectivity index (χ1n) is 6.57. The number of benzene rings is 2. The summed E-state index contributed by atoms with van der Waals surface area (Å²) in [5.41, 5.74) is 1.88. The quantitative estimate of drug-likeness (QED) is 0.508. The second-order valence-electron chi connectivity index (χ2n) is 4.83. The zero-order chi connectivity index (χ0) is 16.0. The minimum Gasteiger partial charge on any atom is -0.443 e. The third-order valence-corrected chi connectivity index (χ3v) is 4.16. The molecule has 4 nitrogen and oxygen atoms in total. The molecule has 0 aliphatic carbocycles. The molecule has 1 radical (unpaired) electrons. The van der Waals surface area contributed by atoms with Gasteiger partial charge in [-0.15, -0.1) is 0 Å². The Bertz CT molecular complexity index is 1010. The lowest BCUT2D eigenvalue weighted by molar-refractivity contribution is 0.570. The Labute approximate surface area is 143 Å². The summed E-state index contributed by atoms with van der Waals surface area (Å²) >= 11 is 9.58. The van der Waals surface area contributed by atoms with Crippen molar-refractivity contribution in [2.24, 2.45) is 0 Å². The van der Waals surface area contributed by atoms with Crippen LogP contribution >= 0.6 is 27.5 Å². The van der Waals surface area contributed by atoms with E-state index in [2.05, 4.69) is 36.9 Å². The van der Waals surface area contributed by atoms with Gasteiger partial charge in [0.2, 0.25) is 0 Å². The Morgan fingerprint density at radius 3 is 2.91 bits per heavy atom. The highest BCUT2D eigenvalue weighted by molar-refractivity contribution is 9.10. The Kier molecular flexibility index (Phi) is 3.43. The first-order valence-corrected chi connectivity index (χ1v) is 7.75. The number of nitrogens with zero attached hydrogens (tertiary/aromatic N) is 2. The Hall–Kier alpha value is -2.18. The van der Waals surface area contributed by atoms with Gasteiger partial charge >= 0.3 is 0 Å². The highest BCUT2D eigenvalue weighted by atomic mass is 79.9. The Morgan fingerprint density at radius 1 is 1.30 bits per heavy atom. The van der Waals surface area contributed by atoms with Crippen LogP contribution in [0.5, 0.6) is 0 Å². The number of aromatic nitrogens is 3. The summed E-state index contributed by atoms with van der Waals surface area (Å²) in [6.45, 7) is 0. The molecule has 1 N–H and O–H groups in total. The van der Waals surface area contributed by atoms with Gasteiger partial charge in [0.1, 0.15) is 11.3 Å². The number of hydrogen-bond donors (Lipinski definition) is 1. The standard InChI is InChI=1S/C16H7BrClFN3O/c17-9-1-2-10(11(18)5-9)16-21-13-4-8(14-6-20-7-23-14)3-12(19)15(13)22-16/h1-2,4-7H,(H,21,22). The molecular weight excluding hydrogens is 385 g/mol. The molecule has 0 spiro atoms. The molecule has 0 amide bonds. The molecule has 2 aromatic heterocycles. The van der Waals surface area contributed by atoms with Crippen LogP contribution in [-0.4, -0.2) is 15.0 Å². The van der Waals surface area contributed by atoms with Crippen molar-refractivity contribution in [1.82, 2.24) is 15.0 Å². The van der Waals surface area contributed by atoms with Crippen LogP contribution < -0.4 is 0 Å². The van der Waals surface area contributed by atoms with Crippen molar-refractivity contribution < 1.29 is 8.81 Å². The number of H-pyrrole nitrogens is 1. The number of imidazole rings is 1. The monoisotopic (exact) mass is 390 g/mol. The first-order chi connectivity index (χ1) is 11.1. The van der Waals surface area contributed by atoms with E-state index in [1.54, 1.807) is 12.1 Å². The van der Waals surface area contributed by atoms with Crippen molar-refractivity contribution in [3.8, 4) is 22.7 Å². The van der Waals surface area contributed by atoms with Gasteiger partial charge in [0.05, 0.1) is 16.7 Å². The molecule has 0 saturated heterocycles. The SMILES string of the molecule is Fc1[c]c(-c2cnco2)cc2[nH]c(-c3ccc(Br)cc3Cl)nc12. The van der Waals surface area contributed by atoms with Crippen LogP contribution in [0.25, 0.3) is 33.7 Å². The second kappa shape index (κ2) is 5.47. The fraction of sp³-hybridized carbons (Fsp3) is 0. The first kappa shape index (κ1) is 14.4. The number of fused-ring (bicyclic) bond motifs is 1. The van der Waals surface area contributed by atoms with Crippen LogP contribution in [0, 0.1) is 11.9 Å². The van der Waals surface area contributed by atoms with Crippen molar-refractivity contribution in [2.75, 3.05) is 0 Å². The van der Waals surface area contributed by atoms with E-state index in [4.69, 9.17) is 16.0 Å². The molecule has 0 fully saturated rings. The lowest BCUT2D eigenvalue weighted by Crippen LogP contribution is -1.83. The van der Waals surface area contributed by atoms with E-state index in [9.17, 15) is 4.39 Å². The topological polar surface area (TPSA) is 54.7 Å². The molecule has 0 bridgehead atoms. The van der Waals surface area contributed by atoms with Crippen molar-refractivity contribution in [1.29, 1.82) is 0 Å². The molecule has 23 heavy (non-hydrogen) atoms. The fourth-order valence-corrected chi connectivity index (χ4v) is 3.07. The van der Waals surface area contributed by atoms with Gasteiger partial charge < -0.3 is 9.40 Å².